The van der Waals surface area contributed by atoms with Gasteiger partial charge in [-0.15, -0.1) is 11.3 Å². The van der Waals surface area contributed by atoms with Crippen LogP contribution in [0.1, 0.15) is 40.3 Å². The van der Waals surface area contributed by atoms with E-state index in [4.69, 9.17) is 0 Å². The van der Waals surface area contributed by atoms with E-state index in [1.165, 1.54) is 18.2 Å². The molecule has 0 saturated heterocycles. The van der Waals surface area contributed by atoms with Gasteiger partial charge >= 0.3 is 6.18 Å². The summed E-state index contributed by atoms with van der Waals surface area (Å²) < 4.78 is 54.4. The largest absolute Gasteiger partial charge is 0.435 e. The van der Waals surface area contributed by atoms with Crippen molar-refractivity contribution in [3.05, 3.63) is 76.0 Å². The van der Waals surface area contributed by atoms with Gasteiger partial charge in [-0.2, -0.15) is 13.2 Å². The van der Waals surface area contributed by atoms with Gasteiger partial charge in [0.1, 0.15) is 15.7 Å². The van der Waals surface area contributed by atoms with Crippen LogP contribution >= 0.6 is 11.3 Å². The third-order valence-corrected chi connectivity index (χ3v) is 6.07. The van der Waals surface area contributed by atoms with Gasteiger partial charge in [-0.1, -0.05) is 50.2 Å². The molecule has 0 aliphatic carbocycles. The molecule has 0 unspecified atom stereocenters. The van der Waals surface area contributed by atoms with E-state index in [0.717, 1.165) is 18.7 Å². The maximum Gasteiger partial charge on any atom is 0.435 e. The fraction of sp³-hybridized carbons (Fsp3) is 0.304. The average Bonchev–Trinajstić information content (AvgIpc) is 3.22. The van der Waals surface area contributed by atoms with Crippen LogP contribution in [0.3, 0.4) is 0 Å². The zero-order valence-electron chi connectivity index (χ0n) is 17.7. The Morgan fingerprint density at radius 3 is 2.47 bits per heavy atom. The van der Waals surface area contributed by atoms with Crippen LogP contribution in [0.2, 0.25) is 0 Å². The number of amides is 1. The van der Waals surface area contributed by atoms with Crippen LogP contribution in [0.4, 0.5) is 17.6 Å². The van der Waals surface area contributed by atoms with Gasteiger partial charge in [0.25, 0.3) is 5.91 Å². The number of carbonyl (C=O) groups excluding carboxylic acids is 1. The normalized spacial score (nSPS) is 11.7. The van der Waals surface area contributed by atoms with Gasteiger partial charge in [0.15, 0.2) is 5.69 Å². The molecule has 0 saturated carbocycles. The maximum absolute atomic E-state index is 13.7. The van der Waals surface area contributed by atoms with Crippen LogP contribution in [0.5, 0.6) is 0 Å². The van der Waals surface area contributed by atoms with Crippen molar-refractivity contribution in [2.45, 2.75) is 33.1 Å². The number of rotatable bonds is 8. The van der Waals surface area contributed by atoms with E-state index >= 15 is 0 Å². The number of nitrogens with zero attached hydrogens (tertiary/aromatic N) is 2. The lowest BCUT2D eigenvalue weighted by Gasteiger charge is -2.19. The summed E-state index contributed by atoms with van der Waals surface area (Å²) in [7, 11) is 0. The molecule has 3 aromatic rings. The molecule has 170 valence electrons. The van der Waals surface area contributed by atoms with Gasteiger partial charge in [-0.25, -0.2) is 9.37 Å². The predicted octanol–water partition coefficient (Wildman–Crippen LogP) is 5.74. The minimum atomic E-state index is -4.78. The van der Waals surface area contributed by atoms with E-state index in [2.05, 4.69) is 15.2 Å². The molecule has 0 radical (unpaired) electrons. The summed E-state index contributed by atoms with van der Waals surface area (Å²) in [5.74, 6) is -1.39. The summed E-state index contributed by atoms with van der Waals surface area (Å²) in [6.45, 7) is 6.08. The third kappa shape index (κ3) is 5.72. The van der Waals surface area contributed by atoms with Crippen molar-refractivity contribution in [2.75, 3.05) is 13.1 Å². The molecular formula is C23H23F4N3OS. The molecule has 1 heterocycles. The van der Waals surface area contributed by atoms with Gasteiger partial charge < -0.3 is 5.32 Å². The lowest BCUT2D eigenvalue weighted by atomic mass is 10.1. The van der Waals surface area contributed by atoms with Crippen LogP contribution in [0.15, 0.2) is 48.5 Å². The van der Waals surface area contributed by atoms with Crippen LogP contribution < -0.4 is 5.32 Å². The fourth-order valence-electron chi connectivity index (χ4n) is 3.25. The Labute approximate surface area is 187 Å². The molecule has 3 rings (SSSR count). The number of aromatic nitrogens is 1. The number of benzene rings is 2. The van der Waals surface area contributed by atoms with E-state index in [-0.39, 0.29) is 11.6 Å². The van der Waals surface area contributed by atoms with Crippen LogP contribution in [-0.4, -0.2) is 28.9 Å². The molecule has 4 nitrogen and oxygen atoms in total. The molecule has 2 aromatic carbocycles. The zero-order valence-corrected chi connectivity index (χ0v) is 18.5. The first kappa shape index (κ1) is 23.9. The molecule has 1 amide bonds. The molecule has 1 N–H and O–H groups in total. The molecule has 0 fully saturated rings. The summed E-state index contributed by atoms with van der Waals surface area (Å²) in [6.07, 6.45) is -4.78. The van der Waals surface area contributed by atoms with E-state index in [1.54, 1.807) is 18.2 Å². The Morgan fingerprint density at radius 1 is 1.09 bits per heavy atom. The standard InChI is InChI=1S/C23H23F4N3OS/c1-3-30(4-2)14-16-9-5-6-11-18(16)22-29-20(23(25,26)27)19(32-22)21(31)28-13-15-8-7-10-17(24)12-15/h5-12H,3-4,13-14H2,1-2H3,(H,28,31). The third-order valence-electron chi connectivity index (χ3n) is 4.98. The summed E-state index contributed by atoms with van der Waals surface area (Å²) in [5, 5.41) is 2.58. The topological polar surface area (TPSA) is 45.2 Å². The first-order valence-electron chi connectivity index (χ1n) is 10.1. The fourth-order valence-corrected chi connectivity index (χ4v) is 4.31. The SMILES string of the molecule is CCN(CC)Cc1ccccc1-c1nc(C(F)(F)F)c(C(=O)NCc2cccc(F)c2)s1. The summed E-state index contributed by atoms with van der Waals surface area (Å²) >= 11 is 0.707. The molecule has 0 atom stereocenters. The second-order valence-electron chi connectivity index (χ2n) is 7.13. The second kappa shape index (κ2) is 10.2. The highest BCUT2D eigenvalue weighted by Crippen LogP contribution is 2.38. The highest BCUT2D eigenvalue weighted by atomic mass is 32.1. The number of nitrogens with one attached hydrogen (secondary N) is 1. The molecule has 0 spiro atoms. The van der Waals surface area contributed by atoms with Gasteiger partial charge in [-0.05, 0) is 36.3 Å². The minimum Gasteiger partial charge on any atom is -0.347 e. The molecule has 1 aromatic heterocycles. The number of hydrogen-bond donors (Lipinski definition) is 1. The number of halogens is 4. The van der Waals surface area contributed by atoms with Crippen LogP contribution in [0.25, 0.3) is 10.6 Å². The first-order valence-corrected chi connectivity index (χ1v) is 11.0. The minimum absolute atomic E-state index is 0.0975. The van der Waals surface area contributed by atoms with Gasteiger partial charge in [-0.3, -0.25) is 9.69 Å². The van der Waals surface area contributed by atoms with Crippen molar-refractivity contribution in [2.24, 2.45) is 0 Å². The van der Waals surface area contributed by atoms with E-state index in [9.17, 15) is 22.4 Å². The smallest absolute Gasteiger partial charge is 0.347 e. The average molecular weight is 466 g/mol. The number of hydrogen-bond acceptors (Lipinski definition) is 4. The molecule has 32 heavy (non-hydrogen) atoms. The summed E-state index contributed by atoms with van der Waals surface area (Å²) in [5.41, 5.74) is 0.637. The Balaban J connectivity index is 1.93. The number of thiazole rings is 1. The predicted molar refractivity (Wildman–Crippen MR) is 117 cm³/mol. The Morgan fingerprint density at radius 2 is 1.81 bits per heavy atom. The van der Waals surface area contributed by atoms with Gasteiger partial charge in [0, 0.05) is 18.7 Å². The highest BCUT2D eigenvalue weighted by Gasteiger charge is 2.40. The van der Waals surface area contributed by atoms with Gasteiger partial charge in [0.05, 0.1) is 0 Å². The van der Waals surface area contributed by atoms with Crippen molar-refractivity contribution >= 4 is 17.2 Å². The molecule has 9 heteroatoms. The zero-order chi connectivity index (χ0) is 23.3. The van der Waals surface area contributed by atoms with Crippen molar-refractivity contribution < 1.29 is 22.4 Å². The van der Waals surface area contributed by atoms with E-state index in [1.807, 2.05) is 26.0 Å². The van der Waals surface area contributed by atoms with Crippen LogP contribution in [-0.2, 0) is 19.3 Å². The summed E-state index contributed by atoms with van der Waals surface area (Å²) in [6, 6.07) is 12.6. The molecule has 0 aliphatic heterocycles. The Hall–Kier alpha value is -2.78. The summed E-state index contributed by atoms with van der Waals surface area (Å²) in [4.78, 5) is 18.1. The quantitative estimate of drug-likeness (QED) is 0.432. The first-order chi connectivity index (χ1) is 15.2. The Kier molecular flexibility index (Phi) is 7.63. The maximum atomic E-state index is 13.7. The van der Waals surface area contributed by atoms with Gasteiger partial charge in [0.2, 0.25) is 0 Å². The van der Waals surface area contributed by atoms with Crippen molar-refractivity contribution in [3.63, 3.8) is 0 Å². The molecular weight excluding hydrogens is 442 g/mol. The lowest BCUT2D eigenvalue weighted by Crippen LogP contribution is -2.24. The molecule has 0 bridgehead atoms. The second-order valence-corrected chi connectivity index (χ2v) is 8.12. The van der Waals surface area contributed by atoms with Crippen molar-refractivity contribution in [1.82, 2.24) is 15.2 Å². The van der Waals surface area contributed by atoms with E-state index in [0.29, 0.717) is 29.0 Å². The lowest BCUT2D eigenvalue weighted by molar-refractivity contribution is -0.141. The number of alkyl halides is 3. The highest BCUT2D eigenvalue weighted by molar-refractivity contribution is 7.17. The molecule has 0 aliphatic rings. The monoisotopic (exact) mass is 465 g/mol. The van der Waals surface area contributed by atoms with Crippen LogP contribution in [0, 0.1) is 5.82 Å². The van der Waals surface area contributed by atoms with E-state index < -0.39 is 28.5 Å². The van der Waals surface area contributed by atoms with Crippen molar-refractivity contribution in [3.8, 4) is 10.6 Å². The Bertz CT molecular complexity index is 1080. The van der Waals surface area contributed by atoms with Crippen molar-refractivity contribution in [1.29, 1.82) is 0 Å². The number of carbonyl (C=O) groups is 1.